The molecule has 1 aliphatic heterocycles. The third kappa shape index (κ3) is 6.00. The maximum Gasteiger partial charge on any atom is 0.270 e. The van der Waals surface area contributed by atoms with Crippen molar-refractivity contribution in [3.63, 3.8) is 0 Å². The number of carbonyl (C=O) groups is 2. The van der Waals surface area contributed by atoms with Crippen LogP contribution in [0.15, 0.2) is 53.9 Å². The van der Waals surface area contributed by atoms with Crippen molar-refractivity contribution in [1.82, 2.24) is 15.2 Å². The first-order chi connectivity index (χ1) is 16.4. The van der Waals surface area contributed by atoms with Crippen LogP contribution in [0.5, 0.6) is 0 Å². The van der Waals surface area contributed by atoms with Crippen LogP contribution < -0.4 is 10.6 Å². The summed E-state index contributed by atoms with van der Waals surface area (Å²) in [5.74, 6) is -0.825. The van der Waals surface area contributed by atoms with Gasteiger partial charge < -0.3 is 10.6 Å². The SMILES string of the molecule is O=C(CN1CCC(NC(=O)c2ccc(F)cc2)CC1)Nc1nc(-c2cccc([N+](=O)[O-])c2)cs1. The zero-order chi connectivity index (χ0) is 24.1. The van der Waals surface area contributed by atoms with E-state index >= 15 is 0 Å². The minimum absolute atomic E-state index is 0.00619. The second-order valence-electron chi connectivity index (χ2n) is 7.92. The minimum Gasteiger partial charge on any atom is -0.349 e. The van der Waals surface area contributed by atoms with Gasteiger partial charge in [0.05, 0.1) is 17.2 Å². The van der Waals surface area contributed by atoms with Crippen molar-refractivity contribution in [2.24, 2.45) is 0 Å². The Bertz CT molecular complexity index is 1190. The number of nitrogens with one attached hydrogen (secondary N) is 2. The monoisotopic (exact) mass is 483 g/mol. The molecule has 0 saturated carbocycles. The summed E-state index contributed by atoms with van der Waals surface area (Å²) in [5, 5.41) is 18.9. The van der Waals surface area contributed by atoms with Crippen molar-refractivity contribution in [3.8, 4) is 11.3 Å². The Morgan fingerprint density at radius 3 is 2.62 bits per heavy atom. The number of hydrogen-bond acceptors (Lipinski definition) is 7. The molecule has 34 heavy (non-hydrogen) atoms. The standard InChI is InChI=1S/C23H22FN5O4S/c24-17-6-4-15(5-7-17)22(31)25-18-8-10-28(11-9-18)13-21(30)27-23-26-20(14-34-23)16-2-1-3-19(12-16)29(32)33/h1-7,12,14,18H,8-11,13H2,(H,25,31)(H,26,27,30). The Hall–Kier alpha value is -3.70. The van der Waals surface area contributed by atoms with Crippen LogP contribution in [0.4, 0.5) is 15.2 Å². The lowest BCUT2D eigenvalue weighted by Crippen LogP contribution is -2.46. The van der Waals surface area contributed by atoms with Gasteiger partial charge in [-0.05, 0) is 37.1 Å². The molecular formula is C23H22FN5O4S. The van der Waals surface area contributed by atoms with Crippen LogP contribution >= 0.6 is 11.3 Å². The van der Waals surface area contributed by atoms with Gasteiger partial charge in [-0.15, -0.1) is 11.3 Å². The molecule has 2 amide bonds. The number of nitrogens with zero attached hydrogens (tertiary/aromatic N) is 3. The molecule has 9 nitrogen and oxygen atoms in total. The molecule has 1 aliphatic rings. The number of nitro groups is 1. The van der Waals surface area contributed by atoms with Crippen LogP contribution in [0.3, 0.4) is 0 Å². The highest BCUT2D eigenvalue weighted by molar-refractivity contribution is 7.14. The van der Waals surface area contributed by atoms with Crippen LogP contribution in [0.25, 0.3) is 11.3 Å². The lowest BCUT2D eigenvalue weighted by atomic mass is 10.0. The van der Waals surface area contributed by atoms with Gasteiger partial charge in [-0.3, -0.25) is 24.6 Å². The highest BCUT2D eigenvalue weighted by atomic mass is 32.1. The van der Waals surface area contributed by atoms with Gasteiger partial charge in [0.1, 0.15) is 5.82 Å². The number of thiazole rings is 1. The lowest BCUT2D eigenvalue weighted by molar-refractivity contribution is -0.384. The fraction of sp³-hybridized carbons (Fsp3) is 0.261. The first kappa shape index (κ1) is 23.5. The predicted molar refractivity (Wildman–Crippen MR) is 126 cm³/mol. The van der Waals surface area contributed by atoms with Gasteiger partial charge in [-0.1, -0.05) is 12.1 Å². The van der Waals surface area contributed by atoms with E-state index in [0.717, 1.165) is 0 Å². The molecule has 3 aromatic rings. The normalized spacial score (nSPS) is 14.5. The Balaban J connectivity index is 1.24. The van der Waals surface area contributed by atoms with E-state index in [4.69, 9.17) is 0 Å². The van der Waals surface area contributed by atoms with E-state index in [1.165, 1.54) is 47.7 Å². The quantitative estimate of drug-likeness (QED) is 0.391. The Kier molecular flexibility index (Phi) is 7.24. The summed E-state index contributed by atoms with van der Waals surface area (Å²) < 4.78 is 13.0. The maximum atomic E-state index is 13.0. The molecule has 0 unspecified atom stereocenters. The number of piperidine rings is 1. The van der Waals surface area contributed by atoms with Crippen molar-refractivity contribution in [2.45, 2.75) is 18.9 Å². The number of rotatable bonds is 7. The number of carbonyl (C=O) groups excluding carboxylic acids is 2. The second-order valence-corrected chi connectivity index (χ2v) is 8.78. The van der Waals surface area contributed by atoms with E-state index in [1.54, 1.807) is 17.5 Å². The van der Waals surface area contributed by atoms with Crippen molar-refractivity contribution < 1.29 is 18.9 Å². The Morgan fingerprint density at radius 2 is 1.91 bits per heavy atom. The summed E-state index contributed by atoms with van der Waals surface area (Å²) in [7, 11) is 0. The molecule has 2 heterocycles. The van der Waals surface area contributed by atoms with Gasteiger partial charge in [0.2, 0.25) is 5.91 Å². The highest BCUT2D eigenvalue weighted by Gasteiger charge is 2.23. The number of benzene rings is 2. The molecule has 176 valence electrons. The van der Waals surface area contributed by atoms with Crippen LogP contribution in [-0.2, 0) is 4.79 Å². The van der Waals surface area contributed by atoms with Gasteiger partial charge in [0, 0.05) is 47.8 Å². The second kappa shape index (κ2) is 10.5. The van der Waals surface area contributed by atoms with Crippen LogP contribution in [0.1, 0.15) is 23.2 Å². The summed E-state index contributed by atoms with van der Waals surface area (Å²) in [5.41, 5.74) is 1.56. The number of hydrogen-bond donors (Lipinski definition) is 2. The molecule has 4 rings (SSSR count). The van der Waals surface area contributed by atoms with Crippen LogP contribution in [0.2, 0.25) is 0 Å². The van der Waals surface area contributed by atoms with Gasteiger partial charge >= 0.3 is 0 Å². The number of aromatic nitrogens is 1. The molecule has 0 bridgehead atoms. The van der Waals surface area contributed by atoms with E-state index in [1.807, 2.05) is 4.90 Å². The average molecular weight is 484 g/mol. The van der Waals surface area contributed by atoms with Gasteiger partial charge in [-0.25, -0.2) is 9.37 Å². The summed E-state index contributed by atoms with van der Waals surface area (Å²) in [4.78, 5) is 41.6. The molecule has 1 saturated heterocycles. The van der Waals surface area contributed by atoms with Crippen molar-refractivity contribution in [3.05, 3.63) is 75.4 Å². The molecule has 0 spiro atoms. The minimum atomic E-state index is -0.462. The Morgan fingerprint density at radius 1 is 1.18 bits per heavy atom. The summed E-state index contributed by atoms with van der Waals surface area (Å²) in [6, 6.07) is 11.6. The molecule has 2 aromatic carbocycles. The fourth-order valence-electron chi connectivity index (χ4n) is 3.71. The van der Waals surface area contributed by atoms with E-state index in [2.05, 4.69) is 15.6 Å². The number of likely N-dealkylation sites (tertiary alicyclic amines) is 1. The number of non-ortho nitro benzene ring substituents is 1. The third-order valence-corrected chi connectivity index (χ3v) is 6.26. The molecule has 1 aromatic heterocycles. The van der Waals surface area contributed by atoms with Gasteiger partial charge in [0.25, 0.3) is 11.6 Å². The zero-order valence-electron chi connectivity index (χ0n) is 18.1. The highest BCUT2D eigenvalue weighted by Crippen LogP contribution is 2.27. The molecule has 0 aliphatic carbocycles. The number of nitro benzene ring substituents is 1. The predicted octanol–water partition coefficient (Wildman–Crippen LogP) is 3.69. The summed E-state index contributed by atoms with van der Waals surface area (Å²) in [6.07, 6.45) is 1.41. The Labute approximate surface area is 198 Å². The third-order valence-electron chi connectivity index (χ3n) is 5.50. The molecular weight excluding hydrogens is 461 g/mol. The first-order valence-electron chi connectivity index (χ1n) is 10.7. The number of halogens is 1. The van der Waals surface area contributed by atoms with Crippen molar-refractivity contribution in [1.29, 1.82) is 0 Å². The topological polar surface area (TPSA) is 117 Å². The van der Waals surface area contributed by atoms with Gasteiger partial charge in [-0.2, -0.15) is 0 Å². The molecule has 1 fully saturated rings. The van der Waals surface area contributed by atoms with E-state index in [9.17, 15) is 24.1 Å². The van der Waals surface area contributed by atoms with E-state index in [0.29, 0.717) is 47.9 Å². The zero-order valence-corrected chi connectivity index (χ0v) is 18.9. The average Bonchev–Trinajstić information content (AvgIpc) is 3.29. The van der Waals surface area contributed by atoms with E-state index < -0.39 is 4.92 Å². The van der Waals surface area contributed by atoms with Crippen molar-refractivity contribution in [2.75, 3.05) is 25.0 Å². The fourth-order valence-corrected chi connectivity index (χ4v) is 4.45. The maximum absolute atomic E-state index is 13.0. The molecule has 0 atom stereocenters. The van der Waals surface area contributed by atoms with Crippen LogP contribution in [-0.4, -0.2) is 52.3 Å². The van der Waals surface area contributed by atoms with Crippen LogP contribution in [0, 0.1) is 15.9 Å². The summed E-state index contributed by atoms with van der Waals surface area (Å²) in [6.45, 7) is 1.50. The largest absolute Gasteiger partial charge is 0.349 e. The lowest BCUT2D eigenvalue weighted by Gasteiger charge is -2.31. The van der Waals surface area contributed by atoms with Gasteiger partial charge in [0.15, 0.2) is 5.13 Å². The molecule has 2 N–H and O–H groups in total. The first-order valence-corrected chi connectivity index (χ1v) is 11.5. The summed E-state index contributed by atoms with van der Waals surface area (Å²) >= 11 is 1.25. The molecule has 0 radical (unpaired) electrons. The smallest absolute Gasteiger partial charge is 0.270 e. The van der Waals surface area contributed by atoms with Crippen molar-refractivity contribution >= 4 is 34.0 Å². The van der Waals surface area contributed by atoms with E-state index in [-0.39, 0.29) is 35.9 Å². The number of amides is 2. The molecule has 11 heteroatoms. The number of anilines is 1.